The van der Waals surface area contributed by atoms with E-state index in [0.717, 1.165) is 27.6 Å². The molecule has 5 nitrogen and oxygen atoms in total. The fourth-order valence-corrected chi connectivity index (χ4v) is 4.00. The number of nitrogens with one attached hydrogen (secondary N) is 1. The number of ether oxygens (including phenoxy) is 1. The summed E-state index contributed by atoms with van der Waals surface area (Å²) in [7, 11) is 1.77. The molecule has 7 heteroatoms. The normalized spacial score (nSPS) is 14.5. The van der Waals surface area contributed by atoms with Crippen LogP contribution in [0.15, 0.2) is 30.5 Å². The van der Waals surface area contributed by atoms with E-state index in [1.54, 1.807) is 18.1 Å². The second kappa shape index (κ2) is 8.54. The van der Waals surface area contributed by atoms with Crippen molar-refractivity contribution >= 4 is 29.0 Å². The number of amides is 2. The molecular formula is C18H22ClN3O2S. The molecule has 25 heavy (non-hydrogen) atoms. The number of carbonyl (C=O) groups excluding carboxylic acids is 1. The molecule has 0 aliphatic heterocycles. The number of halogens is 1. The van der Waals surface area contributed by atoms with Crippen LogP contribution < -0.4 is 10.1 Å². The maximum atomic E-state index is 12.2. The van der Waals surface area contributed by atoms with Crippen molar-refractivity contribution in [2.24, 2.45) is 0 Å². The van der Waals surface area contributed by atoms with Crippen molar-refractivity contribution in [2.75, 3.05) is 7.05 Å². The predicted octanol–water partition coefficient (Wildman–Crippen LogP) is 4.46. The lowest BCUT2D eigenvalue weighted by Crippen LogP contribution is -2.36. The third kappa shape index (κ3) is 5.34. The van der Waals surface area contributed by atoms with Gasteiger partial charge in [0.15, 0.2) is 0 Å². The highest BCUT2D eigenvalue weighted by atomic mass is 35.5. The van der Waals surface area contributed by atoms with Crippen molar-refractivity contribution in [3.63, 3.8) is 0 Å². The first kappa shape index (κ1) is 18.0. The van der Waals surface area contributed by atoms with Crippen molar-refractivity contribution in [2.45, 2.75) is 44.9 Å². The minimum Gasteiger partial charge on any atom is -0.474 e. The van der Waals surface area contributed by atoms with Gasteiger partial charge < -0.3 is 15.0 Å². The van der Waals surface area contributed by atoms with E-state index < -0.39 is 0 Å². The van der Waals surface area contributed by atoms with Crippen LogP contribution in [0.3, 0.4) is 0 Å². The Kier molecular flexibility index (Phi) is 6.15. The Morgan fingerprint density at radius 1 is 1.40 bits per heavy atom. The van der Waals surface area contributed by atoms with Crippen LogP contribution in [0.5, 0.6) is 5.88 Å². The first-order valence-electron chi connectivity index (χ1n) is 8.45. The Morgan fingerprint density at radius 3 is 2.92 bits per heavy atom. The highest BCUT2D eigenvalue weighted by Crippen LogP contribution is 2.24. The summed E-state index contributed by atoms with van der Waals surface area (Å²) in [5.74, 6) is 0.639. The maximum Gasteiger partial charge on any atom is 0.317 e. The van der Waals surface area contributed by atoms with E-state index in [4.69, 9.17) is 16.3 Å². The zero-order valence-corrected chi connectivity index (χ0v) is 15.8. The maximum absolute atomic E-state index is 12.2. The summed E-state index contributed by atoms with van der Waals surface area (Å²) in [5, 5.41) is 2.92. The van der Waals surface area contributed by atoms with E-state index in [0.29, 0.717) is 19.0 Å². The van der Waals surface area contributed by atoms with Crippen LogP contribution in [0, 0.1) is 0 Å². The van der Waals surface area contributed by atoms with Gasteiger partial charge in [0.05, 0.1) is 10.9 Å². The lowest BCUT2D eigenvalue weighted by atomic mass is 10.2. The second-order valence-electron chi connectivity index (χ2n) is 6.25. The molecule has 1 N–H and O–H groups in total. The van der Waals surface area contributed by atoms with Gasteiger partial charge in [0, 0.05) is 30.7 Å². The molecule has 2 heterocycles. The number of aromatic nitrogens is 1. The molecule has 1 aliphatic carbocycles. The Labute approximate surface area is 157 Å². The van der Waals surface area contributed by atoms with E-state index in [1.807, 2.05) is 24.3 Å². The summed E-state index contributed by atoms with van der Waals surface area (Å²) < 4.78 is 6.64. The summed E-state index contributed by atoms with van der Waals surface area (Å²) in [6.07, 6.45) is 6.65. The first-order valence-corrected chi connectivity index (χ1v) is 9.64. The fraction of sp³-hybridized carbons (Fsp3) is 0.444. The van der Waals surface area contributed by atoms with Crippen LogP contribution in [0.1, 0.15) is 36.1 Å². The molecule has 2 amide bonds. The number of hydrogen-bond acceptors (Lipinski definition) is 4. The fourth-order valence-electron chi connectivity index (χ4n) is 2.86. The third-order valence-electron chi connectivity index (χ3n) is 4.20. The van der Waals surface area contributed by atoms with Crippen molar-refractivity contribution in [3.05, 3.63) is 45.2 Å². The molecule has 134 valence electrons. The quantitative estimate of drug-likeness (QED) is 0.806. The Balaban J connectivity index is 1.49. The van der Waals surface area contributed by atoms with E-state index in [1.165, 1.54) is 24.2 Å². The van der Waals surface area contributed by atoms with Crippen molar-refractivity contribution < 1.29 is 9.53 Å². The highest BCUT2D eigenvalue weighted by molar-refractivity contribution is 7.16. The zero-order valence-electron chi connectivity index (χ0n) is 14.2. The molecular weight excluding hydrogens is 358 g/mol. The topological polar surface area (TPSA) is 54.5 Å². The lowest BCUT2D eigenvalue weighted by Gasteiger charge is -2.17. The van der Waals surface area contributed by atoms with Gasteiger partial charge in [0.2, 0.25) is 5.88 Å². The monoisotopic (exact) mass is 379 g/mol. The molecule has 0 unspecified atom stereocenters. The molecule has 1 fully saturated rings. The summed E-state index contributed by atoms with van der Waals surface area (Å²) in [6, 6.07) is 7.44. The van der Waals surface area contributed by atoms with Crippen LogP contribution in [0.2, 0.25) is 4.34 Å². The average molecular weight is 380 g/mol. The summed E-state index contributed by atoms with van der Waals surface area (Å²) in [6.45, 7) is 0.980. The number of nitrogens with zero attached hydrogens (tertiary/aromatic N) is 2. The largest absolute Gasteiger partial charge is 0.474 e. The number of carbonyl (C=O) groups is 1. The second-order valence-corrected chi connectivity index (χ2v) is 8.05. The van der Waals surface area contributed by atoms with Crippen LogP contribution in [0.25, 0.3) is 0 Å². The Morgan fingerprint density at radius 2 is 2.20 bits per heavy atom. The number of hydrogen-bond donors (Lipinski definition) is 1. The summed E-state index contributed by atoms with van der Waals surface area (Å²) >= 11 is 7.41. The van der Waals surface area contributed by atoms with E-state index in [-0.39, 0.29) is 12.1 Å². The SMILES string of the molecule is CN(Cc1ccc(Cl)s1)C(=O)NCc1ccnc(OC2CCCC2)c1. The zero-order chi connectivity index (χ0) is 17.6. The van der Waals surface area contributed by atoms with Crippen molar-refractivity contribution in [3.8, 4) is 5.88 Å². The minimum atomic E-state index is -0.125. The van der Waals surface area contributed by atoms with Gasteiger partial charge in [-0.1, -0.05) is 11.6 Å². The van der Waals surface area contributed by atoms with Gasteiger partial charge in [-0.3, -0.25) is 0 Å². The van der Waals surface area contributed by atoms with E-state index in [9.17, 15) is 4.79 Å². The van der Waals surface area contributed by atoms with Gasteiger partial charge >= 0.3 is 6.03 Å². The number of rotatable bonds is 6. The lowest BCUT2D eigenvalue weighted by molar-refractivity contribution is 0.200. The van der Waals surface area contributed by atoms with Gasteiger partial charge in [-0.15, -0.1) is 11.3 Å². The first-order chi connectivity index (χ1) is 12.1. The number of urea groups is 1. The standard InChI is InChI=1S/C18H22ClN3O2S/c1-22(12-15-6-7-16(19)25-15)18(23)21-11-13-8-9-20-17(10-13)24-14-4-2-3-5-14/h6-10,14H,2-5,11-12H2,1H3,(H,21,23). The van der Waals surface area contributed by atoms with Crippen LogP contribution in [-0.2, 0) is 13.1 Å². The predicted molar refractivity (Wildman–Crippen MR) is 100 cm³/mol. The highest BCUT2D eigenvalue weighted by Gasteiger charge is 2.17. The van der Waals surface area contributed by atoms with E-state index in [2.05, 4.69) is 10.3 Å². The Hall–Kier alpha value is -1.79. The number of pyridine rings is 1. The summed E-state index contributed by atoms with van der Waals surface area (Å²) in [4.78, 5) is 19.2. The minimum absolute atomic E-state index is 0.125. The molecule has 2 aromatic rings. The van der Waals surface area contributed by atoms with Gasteiger partial charge in [-0.05, 0) is 49.4 Å². The molecule has 0 saturated heterocycles. The smallest absolute Gasteiger partial charge is 0.317 e. The summed E-state index contributed by atoms with van der Waals surface area (Å²) in [5.41, 5.74) is 0.976. The van der Waals surface area contributed by atoms with Crippen LogP contribution in [-0.4, -0.2) is 29.1 Å². The molecule has 1 aliphatic rings. The van der Waals surface area contributed by atoms with Crippen LogP contribution >= 0.6 is 22.9 Å². The third-order valence-corrected chi connectivity index (χ3v) is 5.42. The molecule has 1 saturated carbocycles. The molecule has 2 aromatic heterocycles. The molecule has 0 radical (unpaired) electrons. The van der Waals surface area contributed by atoms with Gasteiger partial charge in [0.1, 0.15) is 6.10 Å². The molecule has 0 aromatic carbocycles. The molecule has 0 spiro atoms. The molecule has 3 rings (SSSR count). The van der Waals surface area contributed by atoms with Gasteiger partial charge in [-0.2, -0.15) is 0 Å². The Bertz CT molecular complexity index is 716. The van der Waals surface area contributed by atoms with Gasteiger partial charge in [0.25, 0.3) is 0 Å². The molecule has 0 atom stereocenters. The average Bonchev–Trinajstić information content (AvgIpc) is 3.25. The number of thiophene rings is 1. The van der Waals surface area contributed by atoms with E-state index >= 15 is 0 Å². The van der Waals surface area contributed by atoms with Crippen molar-refractivity contribution in [1.29, 1.82) is 0 Å². The van der Waals surface area contributed by atoms with Crippen LogP contribution in [0.4, 0.5) is 4.79 Å². The van der Waals surface area contributed by atoms with Crippen molar-refractivity contribution in [1.82, 2.24) is 15.2 Å². The molecule has 0 bridgehead atoms. The van der Waals surface area contributed by atoms with Gasteiger partial charge in [-0.25, -0.2) is 9.78 Å².